The van der Waals surface area contributed by atoms with Gasteiger partial charge in [-0.3, -0.25) is 4.79 Å². The lowest BCUT2D eigenvalue weighted by Gasteiger charge is -2.18. The zero-order valence-corrected chi connectivity index (χ0v) is 18.3. The molecule has 0 saturated carbocycles. The van der Waals surface area contributed by atoms with E-state index in [4.69, 9.17) is 0 Å². The van der Waals surface area contributed by atoms with Gasteiger partial charge in [0.25, 0.3) is 0 Å². The number of nitrogens with one attached hydrogen (secondary N) is 4. The van der Waals surface area contributed by atoms with Crippen LogP contribution in [0.3, 0.4) is 0 Å². The molecule has 31 heavy (non-hydrogen) atoms. The maximum atomic E-state index is 12.9. The smallest absolute Gasteiger partial charge is 0.315 e. The standard InChI is InChI=1S/C21H27FN4O4S/c1-3-5-19(26-21(28)25-13-15-8-10-17(22)11-9-15)20(27)24-14-16-6-4-7-18(12-16)31(29,30)23-2/h4,6-12,19,23H,3,5,13-14H2,1-2H3,(H,24,27)(H2,25,26,28). The van der Waals surface area contributed by atoms with Crippen LogP contribution < -0.4 is 20.7 Å². The van der Waals surface area contributed by atoms with Crippen LogP contribution in [-0.4, -0.2) is 33.4 Å². The van der Waals surface area contributed by atoms with E-state index in [2.05, 4.69) is 20.7 Å². The predicted octanol–water partition coefficient (Wildman–Crippen LogP) is 2.02. The molecule has 0 saturated heterocycles. The maximum Gasteiger partial charge on any atom is 0.315 e. The average Bonchev–Trinajstić information content (AvgIpc) is 2.77. The summed E-state index contributed by atoms with van der Waals surface area (Å²) < 4.78 is 39.0. The number of halogens is 1. The Bertz CT molecular complexity index is 997. The third-order valence-electron chi connectivity index (χ3n) is 4.51. The monoisotopic (exact) mass is 450 g/mol. The molecule has 168 valence electrons. The molecule has 0 aliphatic heterocycles. The molecule has 4 N–H and O–H groups in total. The number of hydrogen-bond acceptors (Lipinski definition) is 4. The molecule has 0 fully saturated rings. The van der Waals surface area contributed by atoms with E-state index in [1.165, 1.54) is 31.3 Å². The lowest BCUT2D eigenvalue weighted by Crippen LogP contribution is -2.49. The molecule has 0 aromatic heterocycles. The van der Waals surface area contributed by atoms with E-state index >= 15 is 0 Å². The van der Waals surface area contributed by atoms with E-state index in [1.54, 1.807) is 24.3 Å². The highest BCUT2D eigenvalue weighted by molar-refractivity contribution is 7.89. The topological polar surface area (TPSA) is 116 Å². The van der Waals surface area contributed by atoms with Crippen LogP contribution in [0.15, 0.2) is 53.4 Å². The highest BCUT2D eigenvalue weighted by atomic mass is 32.2. The fourth-order valence-electron chi connectivity index (χ4n) is 2.80. The summed E-state index contributed by atoms with van der Waals surface area (Å²) in [6, 6.07) is 10.7. The van der Waals surface area contributed by atoms with E-state index in [0.29, 0.717) is 18.4 Å². The molecule has 2 rings (SSSR count). The number of amides is 3. The Labute approximate surface area is 181 Å². The van der Waals surface area contributed by atoms with Gasteiger partial charge in [-0.2, -0.15) is 0 Å². The summed E-state index contributed by atoms with van der Waals surface area (Å²) in [5.41, 5.74) is 1.34. The molecule has 0 radical (unpaired) electrons. The molecule has 2 aromatic rings. The predicted molar refractivity (Wildman–Crippen MR) is 115 cm³/mol. The van der Waals surface area contributed by atoms with Crippen molar-refractivity contribution in [1.82, 2.24) is 20.7 Å². The van der Waals surface area contributed by atoms with Gasteiger partial charge in [-0.15, -0.1) is 0 Å². The quantitative estimate of drug-likeness (QED) is 0.443. The molecule has 1 atom stereocenters. The molecule has 0 heterocycles. The average molecular weight is 451 g/mol. The first-order valence-electron chi connectivity index (χ1n) is 9.84. The van der Waals surface area contributed by atoms with Gasteiger partial charge in [0.05, 0.1) is 4.90 Å². The Kier molecular flexibility index (Phi) is 8.95. The van der Waals surface area contributed by atoms with Crippen LogP contribution in [0.4, 0.5) is 9.18 Å². The highest BCUT2D eigenvalue weighted by Crippen LogP contribution is 2.11. The van der Waals surface area contributed by atoms with Gasteiger partial charge in [-0.1, -0.05) is 37.6 Å². The van der Waals surface area contributed by atoms with Crippen molar-refractivity contribution in [2.45, 2.75) is 43.8 Å². The third kappa shape index (κ3) is 7.65. The van der Waals surface area contributed by atoms with E-state index in [9.17, 15) is 22.4 Å². The van der Waals surface area contributed by atoms with Crippen molar-refractivity contribution in [1.29, 1.82) is 0 Å². The Morgan fingerprint density at radius 1 is 1.00 bits per heavy atom. The van der Waals surface area contributed by atoms with Crippen LogP contribution in [0.1, 0.15) is 30.9 Å². The highest BCUT2D eigenvalue weighted by Gasteiger charge is 2.20. The Hall–Kier alpha value is -2.98. The van der Waals surface area contributed by atoms with Crippen LogP contribution in [0, 0.1) is 5.82 Å². The largest absolute Gasteiger partial charge is 0.350 e. The number of carbonyl (C=O) groups excluding carboxylic acids is 2. The maximum absolute atomic E-state index is 12.9. The van der Waals surface area contributed by atoms with E-state index in [1.807, 2.05) is 6.92 Å². The molecule has 0 bridgehead atoms. The van der Waals surface area contributed by atoms with E-state index in [0.717, 1.165) is 5.56 Å². The van der Waals surface area contributed by atoms with E-state index < -0.39 is 22.1 Å². The van der Waals surface area contributed by atoms with Crippen molar-refractivity contribution in [2.75, 3.05) is 7.05 Å². The van der Waals surface area contributed by atoms with Gasteiger partial charge in [0.2, 0.25) is 15.9 Å². The van der Waals surface area contributed by atoms with Gasteiger partial charge in [-0.05, 0) is 48.9 Å². The zero-order valence-electron chi connectivity index (χ0n) is 17.4. The lowest BCUT2D eigenvalue weighted by molar-refractivity contribution is -0.123. The number of sulfonamides is 1. The second-order valence-corrected chi connectivity index (χ2v) is 8.75. The van der Waals surface area contributed by atoms with Gasteiger partial charge < -0.3 is 16.0 Å². The normalized spacial score (nSPS) is 12.1. The number of carbonyl (C=O) groups is 2. The minimum Gasteiger partial charge on any atom is -0.350 e. The van der Waals surface area contributed by atoms with Crippen LogP contribution in [0.25, 0.3) is 0 Å². The van der Waals surface area contributed by atoms with Crippen LogP contribution in [0.5, 0.6) is 0 Å². The summed E-state index contributed by atoms with van der Waals surface area (Å²) in [6.07, 6.45) is 1.11. The SMILES string of the molecule is CCCC(NC(=O)NCc1ccc(F)cc1)C(=O)NCc1cccc(S(=O)(=O)NC)c1. The van der Waals surface area contributed by atoms with Crippen molar-refractivity contribution >= 4 is 22.0 Å². The number of urea groups is 1. The Balaban J connectivity index is 1.92. The Morgan fingerprint density at radius 3 is 2.32 bits per heavy atom. The summed E-state index contributed by atoms with van der Waals surface area (Å²) in [5, 5.41) is 8.01. The summed E-state index contributed by atoms with van der Waals surface area (Å²) >= 11 is 0. The molecule has 0 spiro atoms. The second-order valence-electron chi connectivity index (χ2n) is 6.87. The third-order valence-corrected chi connectivity index (χ3v) is 5.92. The molecule has 10 heteroatoms. The number of hydrogen-bond donors (Lipinski definition) is 4. The Morgan fingerprint density at radius 2 is 1.68 bits per heavy atom. The molecular weight excluding hydrogens is 423 g/mol. The summed E-state index contributed by atoms with van der Waals surface area (Å²) in [5.74, 6) is -0.734. The molecule has 2 aromatic carbocycles. The van der Waals surface area contributed by atoms with Crippen molar-refractivity contribution in [2.24, 2.45) is 0 Å². The fourth-order valence-corrected chi connectivity index (χ4v) is 3.60. The van der Waals surface area contributed by atoms with Gasteiger partial charge in [-0.25, -0.2) is 22.3 Å². The van der Waals surface area contributed by atoms with Gasteiger partial charge in [0.15, 0.2) is 0 Å². The first-order valence-corrected chi connectivity index (χ1v) is 11.3. The molecule has 3 amide bonds. The van der Waals surface area contributed by atoms with Crippen molar-refractivity contribution in [3.8, 4) is 0 Å². The van der Waals surface area contributed by atoms with Crippen LogP contribution in [-0.2, 0) is 27.9 Å². The summed E-state index contributed by atoms with van der Waals surface area (Å²) in [4.78, 5) is 24.9. The van der Waals surface area contributed by atoms with Crippen molar-refractivity contribution in [3.05, 3.63) is 65.5 Å². The zero-order chi connectivity index (χ0) is 22.9. The van der Waals surface area contributed by atoms with Crippen molar-refractivity contribution < 1.29 is 22.4 Å². The summed E-state index contributed by atoms with van der Waals surface area (Å²) in [7, 11) is -2.26. The fraction of sp³-hybridized carbons (Fsp3) is 0.333. The molecule has 0 aliphatic carbocycles. The second kappa shape index (κ2) is 11.4. The van der Waals surface area contributed by atoms with Crippen molar-refractivity contribution in [3.63, 3.8) is 0 Å². The van der Waals surface area contributed by atoms with E-state index in [-0.39, 0.29) is 29.7 Å². The first-order chi connectivity index (χ1) is 14.7. The molecule has 0 aliphatic rings. The summed E-state index contributed by atoms with van der Waals surface area (Å²) in [6.45, 7) is 2.20. The van der Waals surface area contributed by atoms with Crippen LogP contribution in [0.2, 0.25) is 0 Å². The minimum atomic E-state index is -3.58. The van der Waals surface area contributed by atoms with Crippen LogP contribution >= 0.6 is 0 Å². The van der Waals surface area contributed by atoms with Gasteiger partial charge >= 0.3 is 6.03 Å². The van der Waals surface area contributed by atoms with Gasteiger partial charge in [0, 0.05) is 13.1 Å². The number of benzene rings is 2. The molecule has 1 unspecified atom stereocenters. The van der Waals surface area contributed by atoms with Gasteiger partial charge in [0.1, 0.15) is 11.9 Å². The molecule has 8 nitrogen and oxygen atoms in total. The minimum absolute atomic E-state index is 0.102. The first kappa shape index (κ1) is 24.3. The molecular formula is C21H27FN4O4S. The lowest BCUT2D eigenvalue weighted by atomic mass is 10.1. The number of rotatable bonds is 10.